The highest BCUT2D eigenvalue weighted by atomic mass is 35.5. The maximum Gasteiger partial charge on any atom is 0.237 e. The maximum absolute atomic E-state index is 13.4. The third kappa shape index (κ3) is 6.40. The van der Waals surface area contributed by atoms with Crippen molar-refractivity contribution < 1.29 is 23.7 Å². The summed E-state index contributed by atoms with van der Waals surface area (Å²) >= 11 is 7.42. The first-order valence-corrected chi connectivity index (χ1v) is 14.1. The van der Waals surface area contributed by atoms with Gasteiger partial charge in [-0.1, -0.05) is 53.7 Å². The van der Waals surface area contributed by atoms with Gasteiger partial charge in [-0.25, -0.2) is 4.98 Å². The summed E-state index contributed by atoms with van der Waals surface area (Å²) in [6.45, 7) is 3.60. The molecule has 1 heterocycles. The van der Waals surface area contributed by atoms with Crippen molar-refractivity contribution in [3.05, 3.63) is 76.8 Å². The van der Waals surface area contributed by atoms with Crippen molar-refractivity contribution in [3.8, 4) is 51.5 Å². The molecule has 1 unspecified atom stereocenters. The SMILES string of the molecule is COc1cc(Cl)c(C)cc1NC(=O)C(C)Sc1nc(-c2ccccc2)cc(-c2cc(OC)c(OC)c(OC)c2)c1C#N. The lowest BCUT2D eigenvalue weighted by atomic mass is 9.98. The Kier molecular flexibility index (Phi) is 9.84. The minimum absolute atomic E-state index is 0.287. The molecule has 0 aliphatic carbocycles. The number of hydrogen-bond donors (Lipinski definition) is 1. The lowest BCUT2D eigenvalue weighted by Gasteiger charge is -2.18. The first kappa shape index (κ1) is 30.6. The molecule has 4 aromatic rings. The lowest BCUT2D eigenvalue weighted by molar-refractivity contribution is -0.115. The van der Waals surface area contributed by atoms with Gasteiger partial charge in [-0.15, -0.1) is 0 Å². The van der Waals surface area contributed by atoms with Crippen LogP contribution in [-0.2, 0) is 4.79 Å². The number of rotatable bonds is 10. The third-order valence-electron chi connectivity index (χ3n) is 6.54. The Balaban J connectivity index is 1.81. The standard InChI is InChI=1S/C32H30ClN3O5S/c1-18-12-26(27(38-3)16-24(18)33)35-31(37)19(2)42-32-23(17-34)22(15-25(36-32)20-10-8-7-9-11-20)21-13-28(39-4)30(41-6)29(14-21)40-5/h7-16,19H,1-6H3,(H,35,37). The Labute approximate surface area is 254 Å². The number of methoxy groups -OCH3 is 4. The molecule has 8 nitrogen and oxygen atoms in total. The number of nitriles is 1. The highest BCUT2D eigenvalue weighted by Gasteiger charge is 2.24. The molecule has 216 valence electrons. The molecule has 0 aliphatic rings. The average molecular weight is 604 g/mol. The molecule has 0 bridgehead atoms. The number of benzene rings is 3. The van der Waals surface area contributed by atoms with Crippen LogP contribution < -0.4 is 24.3 Å². The molecule has 0 fully saturated rings. The van der Waals surface area contributed by atoms with Gasteiger partial charge in [0.25, 0.3) is 0 Å². The van der Waals surface area contributed by atoms with Crippen LogP contribution in [-0.4, -0.2) is 44.6 Å². The zero-order valence-corrected chi connectivity index (χ0v) is 25.6. The van der Waals surface area contributed by atoms with Crippen LogP contribution in [0.3, 0.4) is 0 Å². The van der Waals surface area contributed by atoms with Crippen LogP contribution in [0.2, 0.25) is 5.02 Å². The van der Waals surface area contributed by atoms with E-state index in [1.807, 2.05) is 43.3 Å². The molecule has 3 aromatic carbocycles. The minimum atomic E-state index is -0.621. The van der Waals surface area contributed by atoms with Crippen molar-refractivity contribution in [1.82, 2.24) is 4.98 Å². The predicted octanol–water partition coefficient (Wildman–Crippen LogP) is 7.40. The lowest BCUT2D eigenvalue weighted by Crippen LogP contribution is -2.23. The number of ether oxygens (including phenoxy) is 4. The number of halogens is 1. The highest BCUT2D eigenvalue weighted by Crippen LogP contribution is 2.44. The molecule has 10 heteroatoms. The van der Waals surface area contributed by atoms with Crippen LogP contribution in [0.15, 0.2) is 65.7 Å². The van der Waals surface area contributed by atoms with Gasteiger partial charge in [0.2, 0.25) is 11.7 Å². The monoisotopic (exact) mass is 603 g/mol. The van der Waals surface area contributed by atoms with E-state index in [0.717, 1.165) is 11.1 Å². The second-order valence-electron chi connectivity index (χ2n) is 9.18. The fourth-order valence-corrected chi connectivity index (χ4v) is 5.40. The van der Waals surface area contributed by atoms with Crippen molar-refractivity contribution in [3.63, 3.8) is 0 Å². The van der Waals surface area contributed by atoms with Crippen LogP contribution in [0.1, 0.15) is 18.1 Å². The molecule has 0 spiro atoms. The zero-order valence-electron chi connectivity index (χ0n) is 24.1. The van der Waals surface area contributed by atoms with Gasteiger partial charge in [0.15, 0.2) is 11.5 Å². The summed E-state index contributed by atoms with van der Waals surface area (Å²) < 4.78 is 22.0. The number of anilines is 1. The number of hydrogen-bond acceptors (Lipinski definition) is 8. The molecule has 1 aromatic heterocycles. The molecule has 0 radical (unpaired) electrons. The summed E-state index contributed by atoms with van der Waals surface area (Å²) in [4.78, 5) is 18.2. The molecule has 1 atom stereocenters. The van der Waals surface area contributed by atoms with Gasteiger partial charge in [0.1, 0.15) is 16.8 Å². The molecule has 0 saturated heterocycles. The van der Waals surface area contributed by atoms with Crippen molar-refractivity contribution >= 4 is 35.0 Å². The van der Waals surface area contributed by atoms with Crippen LogP contribution in [0.4, 0.5) is 5.69 Å². The Hall–Kier alpha value is -4.39. The normalized spacial score (nSPS) is 11.3. The molecule has 0 saturated carbocycles. The summed E-state index contributed by atoms with van der Waals surface area (Å²) in [5, 5.41) is 13.6. The molecule has 4 rings (SSSR count). The summed E-state index contributed by atoms with van der Waals surface area (Å²) in [6.07, 6.45) is 0. The van der Waals surface area contributed by atoms with Crippen LogP contribution in [0.25, 0.3) is 22.4 Å². The number of amides is 1. The van der Waals surface area contributed by atoms with E-state index in [-0.39, 0.29) is 5.91 Å². The number of thioether (sulfide) groups is 1. The molecule has 1 amide bonds. The Bertz CT molecular complexity index is 1630. The van der Waals surface area contributed by atoms with Gasteiger partial charge in [-0.3, -0.25) is 4.79 Å². The quantitative estimate of drug-likeness (QED) is 0.187. The van der Waals surface area contributed by atoms with Gasteiger partial charge < -0.3 is 24.3 Å². The predicted molar refractivity (Wildman–Crippen MR) is 166 cm³/mol. The summed E-state index contributed by atoms with van der Waals surface area (Å²) in [5.74, 6) is 1.49. The van der Waals surface area contributed by atoms with Crippen LogP contribution in [0.5, 0.6) is 23.0 Å². The topological polar surface area (TPSA) is 103 Å². The smallest absolute Gasteiger partial charge is 0.237 e. The van der Waals surface area contributed by atoms with E-state index in [9.17, 15) is 10.1 Å². The van der Waals surface area contributed by atoms with Gasteiger partial charge in [0, 0.05) is 22.2 Å². The molecule has 42 heavy (non-hydrogen) atoms. The summed E-state index contributed by atoms with van der Waals surface area (Å²) in [5.41, 5.74) is 4.39. The van der Waals surface area contributed by atoms with E-state index in [1.54, 1.807) is 31.2 Å². The average Bonchev–Trinajstić information content (AvgIpc) is 3.01. The van der Waals surface area contributed by atoms with Crippen molar-refractivity contribution in [2.45, 2.75) is 24.1 Å². The Morgan fingerprint density at radius 3 is 2.14 bits per heavy atom. The summed E-state index contributed by atoms with van der Waals surface area (Å²) in [6, 6.07) is 20.8. The van der Waals surface area contributed by atoms with Crippen LogP contribution >= 0.6 is 23.4 Å². The molecular formula is C32H30ClN3O5S. The minimum Gasteiger partial charge on any atom is -0.495 e. The number of pyridine rings is 1. The zero-order chi connectivity index (χ0) is 30.4. The fraction of sp³-hybridized carbons (Fsp3) is 0.219. The first-order valence-electron chi connectivity index (χ1n) is 12.9. The fourth-order valence-electron chi connectivity index (χ4n) is 4.32. The number of aryl methyl sites for hydroxylation is 1. The number of aromatic nitrogens is 1. The molecule has 0 aliphatic heterocycles. The number of carbonyl (C=O) groups is 1. The van der Waals surface area contributed by atoms with Gasteiger partial charge in [-0.2, -0.15) is 5.26 Å². The van der Waals surface area contributed by atoms with E-state index >= 15 is 0 Å². The number of nitrogens with one attached hydrogen (secondary N) is 1. The largest absolute Gasteiger partial charge is 0.495 e. The first-order chi connectivity index (χ1) is 20.2. The van der Waals surface area contributed by atoms with Gasteiger partial charge in [-0.05, 0) is 49.2 Å². The maximum atomic E-state index is 13.4. The van der Waals surface area contributed by atoms with E-state index in [4.69, 9.17) is 35.5 Å². The van der Waals surface area contributed by atoms with E-state index in [0.29, 0.717) is 61.1 Å². The molecule has 1 N–H and O–H groups in total. The van der Waals surface area contributed by atoms with E-state index in [2.05, 4.69) is 11.4 Å². The highest BCUT2D eigenvalue weighted by molar-refractivity contribution is 8.00. The van der Waals surface area contributed by atoms with Crippen molar-refractivity contribution in [2.24, 2.45) is 0 Å². The van der Waals surface area contributed by atoms with Crippen molar-refractivity contribution in [2.75, 3.05) is 33.8 Å². The van der Waals surface area contributed by atoms with Gasteiger partial charge >= 0.3 is 0 Å². The van der Waals surface area contributed by atoms with Crippen molar-refractivity contribution in [1.29, 1.82) is 5.26 Å². The second kappa shape index (κ2) is 13.5. The number of nitrogens with zero attached hydrogens (tertiary/aromatic N) is 2. The van der Waals surface area contributed by atoms with Crippen LogP contribution in [0, 0.1) is 18.3 Å². The van der Waals surface area contributed by atoms with Gasteiger partial charge in [0.05, 0.1) is 50.6 Å². The molecular weight excluding hydrogens is 574 g/mol. The third-order valence-corrected chi connectivity index (χ3v) is 8.03. The Morgan fingerprint density at radius 1 is 0.929 bits per heavy atom. The van der Waals surface area contributed by atoms with E-state index in [1.165, 1.54) is 40.2 Å². The number of carbonyl (C=O) groups excluding carboxylic acids is 1. The Morgan fingerprint density at radius 2 is 1.57 bits per heavy atom. The summed E-state index contributed by atoms with van der Waals surface area (Å²) in [7, 11) is 6.11. The second-order valence-corrected chi connectivity index (χ2v) is 10.9. The van der Waals surface area contributed by atoms with E-state index < -0.39 is 5.25 Å².